The normalized spacial score (nSPS) is 18.6. The maximum Gasteiger partial charge on any atom is 0.246 e. The van der Waals surface area contributed by atoms with E-state index in [1.807, 2.05) is 32.0 Å². The number of carbonyl (C=O) groups excluding carboxylic acids is 1. The fraction of sp³-hybridized carbons (Fsp3) is 0.333. The highest BCUT2D eigenvalue weighted by Gasteiger charge is 2.33. The minimum Gasteiger partial charge on any atom is -0.279 e. The monoisotopic (exact) mass is 251 g/mol. The molecule has 1 aliphatic heterocycles. The Morgan fingerprint density at radius 2 is 2.00 bits per heavy atom. The number of rotatable bonds is 2. The molecule has 0 atom stereocenters. The topological polar surface area (TPSA) is 29.4 Å². The molecule has 0 N–H and O–H groups in total. The van der Waals surface area contributed by atoms with Gasteiger partial charge in [0.25, 0.3) is 0 Å². The quantitative estimate of drug-likeness (QED) is 0.807. The smallest absolute Gasteiger partial charge is 0.246 e. The van der Waals surface area contributed by atoms with Crippen molar-refractivity contribution >= 4 is 33.7 Å². The van der Waals surface area contributed by atoms with Crippen molar-refractivity contribution in [3.05, 3.63) is 35.9 Å². The Morgan fingerprint density at radius 3 is 2.56 bits per heavy atom. The van der Waals surface area contributed by atoms with Gasteiger partial charge in [-0.3, -0.25) is 9.79 Å². The fourth-order valence-corrected chi connectivity index (χ4v) is 3.39. The van der Waals surface area contributed by atoms with Gasteiger partial charge in [0.1, 0.15) is 9.91 Å². The lowest BCUT2D eigenvalue weighted by Gasteiger charge is -2.08. The van der Waals surface area contributed by atoms with Gasteiger partial charge in [0.15, 0.2) is 0 Å². The molecule has 0 aromatic heterocycles. The number of hydrogen-bond acceptors (Lipinski definition) is 4. The van der Waals surface area contributed by atoms with Crippen molar-refractivity contribution in [2.45, 2.75) is 24.5 Å². The Labute approximate surface area is 104 Å². The van der Waals surface area contributed by atoms with Crippen LogP contribution in [0.2, 0.25) is 0 Å². The average Bonchev–Trinajstić information content (AvgIpc) is 2.50. The van der Waals surface area contributed by atoms with Crippen molar-refractivity contribution in [2.75, 3.05) is 0 Å². The highest BCUT2D eigenvalue weighted by Crippen LogP contribution is 2.36. The lowest BCUT2D eigenvalue weighted by molar-refractivity contribution is -0.105. The molecule has 84 valence electrons. The Morgan fingerprint density at radius 1 is 1.31 bits per heavy atom. The van der Waals surface area contributed by atoms with Crippen LogP contribution < -0.4 is 0 Å². The molecule has 0 unspecified atom stereocenters. The van der Waals surface area contributed by atoms with Gasteiger partial charge in [0.2, 0.25) is 5.12 Å². The predicted molar refractivity (Wildman–Crippen MR) is 71.8 cm³/mol. The number of benzene rings is 1. The standard InChI is InChI=1S/C12H13NOS2/c1-12(2)13-10(11(14)16-12)15-8-9-6-4-3-5-7-9/h3-7H,8H2,1-2H3. The van der Waals surface area contributed by atoms with Crippen LogP contribution in [0.25, 0.3) is 0 Å². The number of nitrogens with zero attached hydrogens (tertiary/aromatic N) is 1. The molecular weight excluding hydrogens is 238 g/mol. The summed E-state index contributed by atoms with van der Waals surface area (Å²) < 4.78 is 0. The molecule has 1 aromatic carbocycles. The van der Waals surface area contributed by atoms with Crippen molar-refractivity contribution in [1.29, 1.82) is 0 Å². The molecule has 0 spiro atoms. The fourth-order valence-electron chi connectivity index (χ4n) is 1.40. The molecular formula is C12H13NOS2. The van der Waals surface area contributed by atoms with E-state index in [1.165, 1.54) is 29.1 Å². The van der Waals surface area contributed by atoms with E-state index in [0.29, 0.717) is 5.04 Å². The van der Waals surface area contributed by atoms with E-state index < -0.39 is 0 Å². The molecule has 0 saturated heterocycles. The SMILES string of the molecule is CC1(C)N=C(SCc2ccccc2)C(=O)S1. The Bertz CT molecular complexity index is 426. The second-order valence-corrected chi connectivity index (χ2v) is 6.57. The number of carbonyl (C=O) groups is 1. The predicted octanol–water partition coefficient (Wildman–Crippen LogP) is 3.33. The summed E-state index contributed by atoms with van der Waals surface area (Å²) in [4.78, 5) is 15.8. The van der Waals surface area contributed by atoms with Gasteiger partial charge in [0, 0.05) is 5.75 Å². The average molecular weight is 251 g/mol. The van der Waals surface area contributed by atoms with Gasteiger partial charge in [-0.05, 0) is 19.4 Å². The summed E-state index contributed by atoms with van der Waals surface area (Å²) >= 11 is 2.83. The van der Waals surface area contributed by atoms with Gasteiger partial charge in [-0.15, -0.1) is 0 Å². The van der Waals surface area contributed by atoms with Gasteiger partial charge < -0.3 is 0 Å². The van der Waals surface area contributed by atoms with Crippen LogP contribution in [0.4, 0.5) is 0 Å². The maximum atomic E-state index is 11.6. The molecule has 0 amide bonds. The molecule has 2 rings (SSSR count). The third kappa shape index (κ3) is 2.89. The van der Waals surface area contributed by atoms with Crippen molar-refractivity contribution in [3.63, 3.8) is 0 Å². The van der Waals surface area contributed by atoms with Crippen LogP contribution in [0, 0.1) is 0 Å². The maximum absolute atomic E-state index is 11.6. The molecule has 1 heterocycles. The van der Waals surface area contributed by atoms with Crippen LogP contribution in [-0.2, 0) is 10.5 Å². The molecule has 0 aliphatic carbocycles. The van der Waals surface area contributed by atoms with Crippen LogP contribution >= 0.6 is 23.5 Å². The van der Waals surface area contributed by atoms with E-state index in [0.717, 1.165) is 5.75 Å². The zero-order valence-corrected chi connectivity index (χ0v) is 10.9. The third-order valence-electron chi connectivity index (χ3n) is 2.11. The molecule has 2 nitrogen and oxygen atoms in total. The second-order valence-electron chi connectivity index (χ2n) is 4.03. The minimum absolute atomic E-state index is 0.103. The van der Waals surface area contributed by atoms with E-state index in [4.69, 9.17) is 0 Å². The Hall–Kier alpha value is -0.740. The van der Waals surface area contributed by atoms with Crippen LogP contribution in [-0.4, -0.2) is 15.0 Å². The third-order valence-corrected chi connectivity index (χ3v) is 4.23. The van der Waals surface area contributed by atoms with E-state index >= 15 is 0 Å². The molecule has 0 fully saturated rings. The van der Waals surface area contributed by atoms with Gasteiger partial charge in [-0.2, -0.15) is 0 Å². The summed E-state index contributed by atoms with van der Waals surface area (Å²) in [6, 6.07) is 10.1. The van der Waals surface area contributed by atoms with Crippen molar-refractivity contribution in [1.82, 2.24) is 0 Å². The Kier molecular flexibility index (Phi) is 3.40. The zero-order valence-electron chi connectivity index (χ0n) is 9.27. The highest BCUT2D eigenvalue weighted by molar-refractivity contribution is 8.26. The van der Waals surface area contributed by atoms with E-state index in [9.17, 15) is 4.79 Å². The molecule has 1 aliphatic rings. The van der Waals surface area contributed by atoms with E-state index in [1.54, 1.807) is 0 Å². The molecule has 4 heteroatoms. The van der Waals surface area contributed by atoms with Gasteiger partial charge in [-0.1, -0.05) is 53.9 Å². The zero-order chi connectivity index (χ0) is 11.6. The molecule has 16 heavy (non-hydrogen) atoms. The van der Waals surface area contributed by atoms with E-state index in [-0.39, 0.29) is 9.99 Å². The number of aliphatic imine (C=N–C) groups is 1. The summed E-state index contributed by atoms with van der Waals surface area (Å²) in [5.41, 5.74) is 1.22. The first-order valence-electron chi connectivity index (χ1n) is 5.07. The lowest BCUT2D eigenvalue weighted by Crippen LogP contribution is -2.05. The van der Waals surface area contributed by atoms with Crippen LogP contribution in [0.1, 0.15) is 19.4 Å². The highest BCUT2D eigenvalue weighted by atomic mass is 32.2. The van der Waals surface area contributed by atoms with Crippen LogP contribution in [0.15, 0.2) is 35.3 Å². The summed E-state index contributed by atoms with van der Waals surface area (Å²) in [6.07, 6.45) is 0. The van der Waals surface area contributed by atoms with Gasteiger partial charge in [0.05, 0.1) is 0 Å². The molecule has 0 saturated carbocycles. The first kappa shape index (κ1) is 11.7. The van der Waals surface area contributed by atoms with Gasteiger partial charge >= 0.3 is 0 Å². The number of hydrogen-bond donors (Lipinski definition) is 0. The summed E-state index contributed by atoms with van der Waals surface area (Å²) in [5, 5.41) is 0.754. The van der Waals surface area contributed by atoms with Crippen molar-refractivity contribution in [2.24, 2.45) is 4.99 Å². The molecule has 0 radical (unpaired) electrons. The largest absolute Gasteiger partial charge is 0.279 e. The van der Waals surface area contributed by atoms with Crippen molar-refractivity contribution < 1.29 is 4.79 Å². The van der Waals surface area contributed by atoms with E-state index in [2.05, 4.69) is 17.1 Å². The van der Waals surface area contributed by atoms with Crippen molar-refractivity contribution in [3.8, 4) is 0 Å². The first-order chi connectivity index (χ1) is 7.57. The van der Waals surface area contributed by atoms with Crippen LogP contribution in [0.5, 0.6) is 0 Å². The Balaban J connectivity index is 1.99. The molecule has 0 bridgehead atoms. The summed E-state index contributed by atoms with van der Waals surface area (Å²) in [5.74, 6) is 0.808. The number of thioether (sulfide) groups is 2. The summed E-state index contributed by atoms with van der Waals surface area (Å²) in [7, 11) is 0. The first-order valence-corrected chi connectivity index (χ1v) is 6.87. The lowest BCUT2D eigenvalue weighted by atomic mass is 10.2. The summed E-state index contributed by atoms with van der Waals surface area (Å²) in [6.45, 7) is 3.93. The van der Waals surface area contributed by atoms with Gasteiger partial charge in [-0.25, -0.2) is 0 Å². The minimum atomic E-state index is -0.282. The van der Waals surface area contributed by atoms with Crippen LogP contribution in [0.3, 0.4) is 0 Å². The second kappa shape index (κ2) is 4.63. The molecule has 1 aromatic rings.